The van der Waals surface area contributed by atoms with Gasteiger partial charge in [-0.1, -0.05) is 48.0 Å². The second-order valence-electron chi connectivity index (χ2n) is 6.88. The van der Waals surface area contributed by atoms with Crippen LogP contribution in [0.1, 0.15) is 60.8 Å². The van der Waals surface area contributed by atoms with E-state index in [0.717, 1.165) is 11.8 Å². The maximum absolute atomic E-state index is 2.40. The molecular formula is C13H26. The molecule has 0 radical (unpaired) electrons. The average molecular weight is 182 g/mol. The molecule has 0 bridgehead atoms. The fourth-order valence-electron chi connectivity index (χ4n) is 3.03. The van der Waals surface area contributed by atoms with Crippen molar-refractivity contribution in [3.8, 4) is 0 Å². The van der Waals surface area contributed by atoms with Crippen molar-refractivity contribution in [3.63, 3.8) is 0 Å². The van der Waals surface area contributed by atoms with Crippen LogP contribution in [0, 0.1) is 22.7 Å². The van der Waals surface area contributed by atoms with Crippen LogP contribution in [-0.2, 0) is 0 Å². The maximum atomic E-state index is 2.40. The molecule has 1 aliphatic rings. The first-order valence-electron chi connectivity index (χ1n) is 5.73. The van der Waals surface area contributed by atoms with Crippen LogP contribution in [0.15, 0.2) is 0 Å². The summed E-state index contributed by atoms with van der Waals surface area (Å²) < 4.78 is 0. The van der Waals surface area contributed by atoms with Crippen molar-refractivity contribution in [2.24, 2.45) is 22.7 Å². The summed E-state index contributed by atoms with van der Waals surface area (Å²) >= 11 is 0. The number of rotatable bonds is 0. The summed E-state index contributed by atoms with van der Waals surface area (Å²) in [6.45, 7) is 14.4. The fourth-order valence-corrected chi connectivity index (χ4v) is 3.03. The fraction of sp³-hybridized carbons (Fsp3) is 1.00. The zero-order valence-electron chi connectivity index (χ0n) is 10.3. The van der Waals surface area contributed by atoms with Crippen LogP contribution >= 0.6 is 0 Å². The molecule has 0 aliphatic heterocycles. The van der Waals surface area contributed by atoms with Gasteiger partial charge in [-0.3, -0.25) is 0 Å². The molecule has 0 heterocycles. The highest BCUT2D eigenvalue weighted by atomic mass is 14.5. The minimum atomic E-state index is 0.508. The maximum Gasteiger partial charge on any atom is -0.0332 e. The normalized spacial score (nSPS) is 30.9. The highest BCUT2D eigenvalue weighted by Crippen LogP contribution is 2.50. The SMILES string of the molecule is CC(C)(C)[C@H]1CCC[C@@H]1C(C)(C)C. The van der Waals surface area contributed by atoms with Gasteiger partial charge in [0, 0.05) is 0 Å². The predicted octanol–water partition coefficient (Wildman–Crippen LogP) is 4.49. The van der Waals surface area contributed by atoms with Gasteiger partial charge in [-0.25, -0.2) is 0 Å². The summed E-state index contributed by atoms with van der Waals surface area (Å²) in [6.07, 6.45) is 4.35. The third-order valence-corrected chi connectivity index (χ3v) is 3.74. The summed E-state index contributed by atoms with van der Waals surface area (Å²) in [4.78, 5) is 0. The van der Waals surface area contributed by atoms with Gasteiger partial charge in [-0.15, -0.1) is 0 Å². The first kappa shape index (κ1) is 11.1. The molecular weight excluding hydrogens is 156 g/mol. The predicted molar refractivity (Wildman–Crippen MR) is 59.7 cm³/mol. The molecule has 0 aromatic carbocycles. The third kappa shape index (κ3) is 2.48. The van der Waals surface area contributed by atoms with Crippen LogP contribution in [0.4, 0.5) is 0 Å². The van der Waals surface area contributed by atoms with Crippen LogP contribution in [0.5, 0.6) is 0 Å². The second kappa shape index (κ2) is 3.29. The summed E-state index contributed by atoms with van der Waals surface area (Å²) in [7, 11) is 0. The Morgan fingerprint density at radius 3 is 1.23 bits per heavy atom. The Kier molecular flexibility index (Phi) is 2.81. The van der Waals surface area contributed by atoms with Crippen LogP contribution < -0.4 is 0 Å². The minimum Gasteiger partial charge on any atom is -0.0599 e. The first-order valence-corrected chi connectivity index (χ1v) is 5.73. The molecule has 0 saturated heterocycles. The quantitative estimate of drug-likeness (QED) is 0.517. The Hall–Kier alpha value is 0. The monoisotopic (exact) mass is 182 g/mol. The summed E-state index contributed by atoms with van der Waals surface area (Å²) in [5.74, 6) is 1.87. The lowest BCUT2D eigenvalue weighted by Gasteiger charge is -2.39. The van der Waals surface area contributed by atoms with Crippen molar-refractivity contribution in [1.82, 2.24) is 0 Å². The van der Waals surface area contributed by atoms with Crippen molar-refractivity contribution < 1.29 is 0 Å². The van der Waals surface area contributed by atoms with Gasteiger partial charge in [0.05, 0.1) is 0 Å². The molecule has 1 aliphatic carbocycles. The molecule has 0 amide bonds. The molecule has 0 spiro atoms. The molecule has 0 aromatic rings. The van der Waals surface area contributed by atoms with Gasteiger partial charge in [0.2, 0.25) is 0 Å². The summed E-state index contributed by atoms with van der Waals surface area (Å²) in [5.41, 5.74) is 1.02. The molecule has 78 valence electrons. The van der Waals surface area contributed by atoms with Crippen LogP contribution in [0.2, 0.25) is 0 Å². The standard InChI is InChI=1S/C13H26/c1-12(2,3)10-8-7-9-11(10)13(4,5)6/h10-11H,7-9H2,1-6H3/t10-,11-/m0/s1. The van der Waals surface area contributed by atoms with Gasteiger partial charge in [0.25, 0.3) is 0 Å². The smallest absolute Gasteiger partial charge is 0.0332 e. The van der Waals surface area contributed by atoms with Gasteiger partial charge < -0.3 is 0 Å². The molecule has 1 fully saturated rings. The van der Waals surface area contributed by atoms with Crippen LogP contribution in [-0.4, -0.2) is 0 Å². The molecule has 0 unspecified atom stereocenters. The van der Waals surface area contributed by atoms with E-state index in [2.05, 4.69) is 41.5 Å². The lowest BCUT2D eigenvalue weighted by molar-refractivity contribution is 0.0992. The van der Waals surface area contributed by atoms with Crippen molar-refractivity contribution in [1.29, 1.82) is 0 Å². The van der Waals surface area contributed by atoms with E-state index < -0.39 is 0 Å². The Bertz CT molecular complexity index is 145. The van der Waals surface area contributed by atoms with Crippen LogP contribution in [0.3, 0.4) is 0 Å². The van der Waals surface area contributed by atoms with Crippen molar-refractivity contribution in [2.75, 3.05) is 0 Å². The Morgan fingerprint density at radius 1 is 0.692 bits per heavy atom. The summed E-state index contributed by atoms with van der Waals surface area (Å²) in [6, 6.07) is 0. The zero-order valence-corrected chi connectivity index (χ0v) is 10.3. The van der Waals surface area contributed by atoms with Crippen molar-refractivity contribution in [3.05, 3.63) is 0 Å². The Labute approximate surface area is 84.1 Å². The Balaban J connectivity index is 2.76. The van der Waals surface area contributed by atoms with Crippen molar-refractivity contribution in [2.45, 2.75) is 60.8 Å². The average Bonchev–Trinajstić information content (AvgIpc) is 2.27. The molecule has 1 rings (SSSR count). The number of hydrogen-bond acceptors (Lipinski definition) is 0. The lowest BCUT2D eigenvalue weighted by atomic mass is 9.66. The molecule has 0 nitrogen and oxygen atoms in total. The highest BCUT2D eigenvalue weighted by Gasteiger charge is 2.41. The van der Waals surface area contributed by atoms with E-state index in [-0.39, 0.29) is 0 Å². The van der Waals surface area contributed by atoms with Gasteiger partial charge in [-0.2, -0.15) is 0 Å². The van der Waals surface area contributed by atoms with Gasteiger partial charge in [-0.05, 0) is 35.5 Å². The highest BCUT2D eigenvalue weighted by molar-refractivity contribution is 4.91. The second-order valence-corrected chi connectivity index (χ2v) is 6.88. The van der Waals surface area contributed by atoms with E-state index in [9.17, 15) is 0 Å². The van der Waals surface area contributed by atoms with Gasteiger partial charge in [0.1, 0.15) is 0 Å². The largest absolute Gasteiger partial charge is 0.0599 e. The third-order valence-electron chi connectivity index (χ3n) is 3.74. The summed E-state index contributed by atoms with van der Waals surface area (Å²) in [5, 5.41) is 0. The number of hydrogen-bond donors (Lipinski definition) is 0. The van der Waals surface area contributed by atoms with Crippen LogP contribution in [0.25, 0.3) is 0 Å². The van der Waals surface area contributed by atoms with E-state index in [0.29, 0.717) is 10.8 Å². The zero-order chi connectivity index (χ0) is 10.3. The molecule has 13 heavy (non-hydrogen) atoms. The Morgan fingerprint density at radius 2 is 1.00 bits per heavy atom. The lowest BCUT2D eigenvalue weighted by Crippen LogP contribution is -2.32. The van der Waals surface area contributed by atoms with E-state index in [1.54, 1.807) is 0 Å². The van der Waals surface area contributed by atoms with Crippen molar-refractivity contribution >= 4 is 0 Å². The topological polar surface area (TPSA) is 0 Å². The molecule has 0 heteroatoms. The van der Waals surface area contributed by atoms with Gasteiger partial charge >= 0.3 is 0 Å². The van der Waals surface area contributed by atoms with E-state index in [4.69, 9.17) is 0 Å². The first-order chi connectivity index (χ1) is 5.73. The van der Waals surface area contributed by atoms with E-state index in [1.807, 2.05) is 0 Å². The van der Waals surface area contributed by atoms with Gasteiger partial charge in [0.15, 0.2) is 0 Å². The van der Waals surface area contributed by atoms with E-state index in [1.165, 1.54) is 19.3 Å². The minimum absolute atomic E-state index is 0.508. The molecule has 1 saturated carbocycles. The molecule has 0 aromatic heterocycles. The molecule has 2 atom stereocenters. The van der Waals surface area contributed by atoms with E-state index >= 15 is 0 Å². The molecule has 0 N–H and O–H groups in total.